The maximum atomic E-state index is 10.5. The first-order chi connectivity index (χ1) is 6.50. The van der Waals surface area contributed by atoms with Gasteiger partial charge in [0.25, 0.3) is 0 Å². The Hall–Kier alpha value is -1.42. The Kier molecular flexibility index (Phi) is 3.19. The zero-order chi connectivity index (χ0) is 10.7. The van der Waals surface area contributed by atoms with Crippen LogP contribution in [-0.4, -0.2) is 16.1 Å². The molecular weight excluding hydrogens is 180 g/mol. The number of hydrogen-bond donors (Lipinski definition) is 2. The van der Waals surface area contributed by atoms with Crippen molar-refractivity contribution in [1.29, 1.82) is 0 Å². The number of carboxylic acid groups (broad SMARTS) is 1. The van der Waals surface area contributed by atoms with Crippen molar-refractivity contribution in [1.82, 2.24) is 4.98 Å². The van der Waals surface area contributed by atoms with Crippen LogP contribution in [0.5, 0.6) is 0 Å². The molecule has 0 bridgehead atoms. The number of aromatic nitrogens is 1. The van der Waals surface area contributed by atoms with Crippen LogP contribution in [0.25, 0.3) is 0 Å². The van der Waals surface area contributed by atoms with Crippen molar-refractivity contribution in [2.45, 2.75) is 26.3 Å². The number of rotatable bonds is 3. The molecule has 0 saturated carbocycles. The van der Waals surface area contributed by atoms with Gasteiger partial charge in [-0.2, -0.15) is 0 Å². The third-order valence-electron chi connectivity index (χ3n) is 2.08. The van der Waals surface area contributed by atoms with E-state index in [1.54, 1.807) is 6.20 Å². The summed E-state index contributed by atoms with van der Waals surface area (Å²) in [6.45, 7) is 3.80. The fourth-order valence-corrected chi connectivity index (χ4v) is 1.39. The first kappa shape index (κ1) is 10.7. The second kappa shape index (κ2) is 4.19. The summed E-state index contributed by atoms with van der Waals surface area (Å²) in [7, 11) is 0. The number of carbonyl (C=O) groups is 1. The molecule has 4 nitrogen and oxygen atoms in total. The lowest BCUT2D eigenvalue weighted by Crippen LogP contribution is -2.16. The topological polar surface area (TPSA) is 76.2 Å². The highest BCUT2D eigenvalue weighted by Crippen LogP contribution is 2.17. The molecule has 1 rings (SSSR count). The number of nitrogens with two attached hydrogens (primary N) is 1. The molecule has 0 aliphatic rings. The summed E-state index contributed by atoms with van der Waals surface area (Å²) in [6, 6.07) is 1.43. The predicted molar refractivity (Wildman–Crippen MR) is 52.9 cm³/mol. The molecule has 3 N–H and O–H groups in total. The van der Waals surface area contributed by atoms with Crippen molar-refractivity contribution in [2.24, 2.45) is 5.73 Å². The molecule has 0 amide bonds. The minimum absolute atomic E-state index is 0.0639. The van der Waals surface area contributed by atoms with E-state index in [9.17, 15) is 4.79 Å². The van der Waals surface area contributed by atoms with Crippen molar-refractivity contribution in [2.75, 3.05) is 0 Å². The van der Waals surface area contributed by atoms with Gasteiger partial charge >= 0.3 is 5.97 Å². The number of pyridine rings is 1. The number of hydrogen-bond acceptors (Lipinski definition) is 3. The van der Waals surface area contributed by atoms with Gasteiger partial charge in [-0.15, -0.1) is 0 Å². The van der Waals surface area contributed by atoms with E-state index in [1.807, 2.05) is 19.9 Å². The molecule has 0 spiro atoms. The van der Waals surface area contributed by atoms with E-state index >= 15 is 0 Å². The minimum Gasteiger partial charge on any atom is -0.481 e. The van der Waals surface area contributed by atoms with Crippen LogP contribution < -0.4 is 5.73 Å². The summed E-state index contributed by atoms with van der Waals surface area (Å²) in [5, 5.41) is 8.59. The maximum absolute atomic E-state index is 10.5. The van der Waals surface area contributed by atoms with Crippen LogP contribution in [0.1, 0.15) is 29.3 Å². The molecule has 1 atom stereocenters. The molecule has 0 fully saturated rings. The van der Waals surface area contributed by atoms with Crippen molar-refractivity contribution < 1.29 is 9.90 Å². The first-order valence-electron chi connectivity index (χ1n) is 4.41. The summed E-state index contributed by atoms with van der Waals surface area (Å²) < 4.78 is 0. The molecule has 4 heteroatoms. The quantitative estimate of drug-likeness (QED) is 0.757. The van der Waals surface area contributed by atoms with E-state index in [1.165, 1.54) is 0 Å². The van der Waals surface area contributed by atoms with Gasteiger partial charge in [-0.05, 0) is 31.0 Å². The molecule has 0 aromatic carbocycles. The number of aliphatic carboxylic acids is 1. The van der Waals surface area contributed by atoms with Crippen LogP contribution in [0.15, 0.2) is 12.3 Å². The fraction of sp³-hybridized carbons (Fsp3) is 0.400. The van der Waals surface area contributed by atoms with Crippen molar-refractivity contribution in [3.63, 3.8) is 0 Å². The zero-order valence-corrected chi connectivity index (χ0v) is 8.32. The molecule has 1 heterocycles. The van der Waals surface area contributed by atoms with Gasteiger partial charge in [-0.3, -0.25) is 9.78 Å². The van der Waals surface area contributed by atoms with Crippen LogP contribution in [-0.2, 0) is 4.79 Å². The predicted octanol–water partition coefficient (Wildman–Crippen LogP) is 1.17. The van der Waals surface area contributed by atoms with Gasteiger partial charge in [0, 0.05) is 17.9 Å². The summed E-state index contributed by atoms with van der Waals surface area (Å²) >= 11 is 0. The fourth-order valence-electron chi connectivity index (χ4n) is 1.39. The third kappa shape index (κ3) is 2.53. The van der Waals surface area contributed by atoms with Crippen LogP contribution in [0.2, 0.25) is 0 Å². The lowest BCUT2D eigenvalue weighted by molar-refractivity contribution is -0.137. The highest BCUT2D eigenvalue weighted by atomic mass is 16.4. The molecular formula is C10H14N2O2. The lowest BCUT2D eigenvalue weighted by Gasteiger charge is -2.12. The van der Waals surface area contributed by atoms with Crippen LogP contribution in [0.4, 0.5) is 0 Å². The van der Waals surface area contributed by atoms with E-state index < -0.39 is 12.0 Å². The van der Waals surface area contributed by atoms with Crippen molar-refractivity contribution in [3.8, 4) is 0 Å². The molecule has 0 aliphatic heterocycles. The Bertz CT molecular complexity index is 350. The largest absolute Gasteiger partial charge is 0.481 e. The van der Waals surface area contributed by atoms with Crippen molar-refractivity contribution >= 4 is 5.97 Å². The van der Waals surface area contributed by atoms with Crippen molar-refractivity contribution in [3.05, 3.63) is 29.1 Å². The summed E-state index contributed by atoms with van der Waals surface area (Å²) in [5.41, 5.74) is 8.43. The maximum Gasteiger partial charge on any atom is 0.305 e. The van der Waals surface area contributed by atoms with E-state index in [2.05, 4.69) is 4.98 Å². The second-order valence-corrected chi connectivity index (χ2v) is 3.39. The molecule has 1 aromatic heterocycles. The summed E-state index contributed by atoms with van der Waals surface area (Å²) in [4.78, 5) is 14.6. The highest BCUT2D eigenvalue weighted by Gasteiger charge is 2.12. The number of aryl methyl sites for hydroxylation is 2. The molecule has 0 saturated heterocycles. The van der Waals surface area contributed by atoms with E-state index in [4.69, 9.17) is 10.8 Å². The third-order valence-corrected chi connectivity index (χ3v) is 2.08. The van der Waals surface area contributed by atoms with Gasteiger partial charge < -0.3 is 10.8 Å². The average molecular weight is 194 g/mol. The lowest BCUT2D eigenvalue weighted by atomic mass is 10.0. The molecule has 76 valence electrons. The van der Waals surface area contributed by atoms with E-state index in [-0.39, 0.29) is 6.42 Å². The van der Waals surface area contributed by atoms with Gasteiger partial charge in [-0.25, -0.2) is 0 Å². The second-order valence-electron chi connectivity index (χ2n) is 3.39. The molecule has 14 heavy (non-hydrogen) atoms. The van der Waals surface area contributed by atoms with Crippen LogP contribution >= 0.6 is 0 Å². The van der Waals surface area contributed by atoms with Crippen LogP contribution in [0.3, 0.4) is 0 Å². The van der Waals surface area contributed by atoms with Crippen LogP contribution in [0, 0.1) is 13.8 Å². The Morgan fingerprint density at radius 3 is 2.79 bits per heavy atom. The molecule has 1 aromatic rings. The monoisotopic (exact) mass is 194 g/mol. The highest BCUT2D eigenvalue weighted by molar-refractivity contribution is 5.68. The number of nitrogens with zero attached hydrogens (tertiary/aromatic N) is 1. The van der Waals surface area contributed by atoms with Gasteiger partial charge in [0.15, 0.2) is 0 Å². The minimum atomic E-state index is -0.891. The first-order valence-corrected chi connectivity index (χ1v) is 4.41. The molecule has 0 aliphatic carbocycles. The van der Waals surface area contributed by atoms with Gasteiger partial charge in [0.05, 0.1) is 6.42 Å². The number of carboxylic acids is 1. The average Bonchev–Trinajstić information content (AvgIpc) is 2.01. The summed E-state index contributed by atoms with van der Waals surface area (Å²) in [5.74, 6) is -0.891. The SMILES string of the molecule is Cc1cc(C)c(C(N)CC(=O)O)cn1. The Balaban J connectivity index is 2.90. The zero-order valence-electron chi connectivity index (χ0n) is 8.32. The standard InChI is InChI=1S/C10H14N2O2/c1-6-3-7(2)12-5-8(6)9(11)4-10(13)14/h3,5,9H,4,11H2,1-2H3,(H,13,14). The van der Waals surface area contributed by atoms with Gasteiger partial charge in [0.1, 0.15) is 0 Å². The smallest absolute Gasteiger partial charge is 0.305 e. The van der Waals surface area contributed by atoms with Gasteiger partial charge in [-0.1, -0.05) is 0 Å². The molecule has 0 radical (unpaired) electrons. The van der Waals surface area contributed by atoms with Gasteiger partial charge in [0.2, 0.25) is 0 Å². The Morgan fingerprint density at radius 1 is 1.64 bits per heavy atom. The normalized spacial score (nSPS) is 12.5. The molecule has 1 unspecified atom stereocenters. The van der Waals surface area contributed by atoms with E-state index in [0.29, 0.717) is 0 Å². The van der Waals surface area contributed by atoms with E-state index in [0.717, 1.165) is 16.8 Å². The Labute approximate surface area is 82.8 Å². The summed E-state index contributed by atoms with van der Waals surface area (Å²) in [6.07, 6.45) is 1.59. The Morgan fingerprint density at radius 2 is 2.29 bits per heavy atom.